The molecule has 1 N–H and O–H groups in total. The fraction of sp³-hybridized carbons (Fsp3) is 0.333. The number of para-hydroxylation sites is 1. The summed E-state index contributed by atoms with van der Waals surface area (Å²) in [6.07, 6.45) is -4.57. The maximum absolute atomic E-state index is 13.0. The molecule has 0 saturated carbocycles. The molecule has 156 valence electrons. The van der Waals surface area contributed by atoms with E-state index in [9.17, 15) is 22.8 Å². The Morgan fingerprint density at radius 3 is 2.48 bits per heavy atom. The number of amides is 2. The Morgan fingerprint density at radius 1 is 1.10 bits per heavy atom. The molecule has 0 bridgehead atoms. The number of nitrogens with zero attached hydrogens (tertiary/aromatic N) is 1. The van der Waals surface area contributed by atoms with Crippen molar-refractivity contribution in [3.8, 4) is 0 Å². The van der Waals surface area contributed by atoms with Crippen LogP contribution < -0.4 is 5.32 Å². The number of rotatable bonds is 8. The number of benzene rings is 2. The highest BCUT2D eigenvalue weighted by molar-refractivity contribution is 7.99. The Labute approximate surface area is 172 Å². The number of aryl methyl sites for hydroxylation is 1. The standard InChI is InChI=1S/C21H23F3N2O2S/c1-3-26(20(28)14-29-13-16-8-6-7-15(2)11-16)12-19(27)25-18-10-5-4-9-17(18)21(22,23)24/h4-11H,3,12-14H2,1-2H3,(H,25,27). The molecule has 29 heavy (non-hydrogen) atoms. The van der Waals surface area contributed by atoms with Crippen molar-refractivity contribution in [2.45, 2.75) is 25.8 Å². The molecule has 0 aliphatic rings. The van der Waals surface area contributed by atoms with Gasteiger partial charge in [0.2, 0.25) is 11.8 Å². The zero-order chi connectivity index (χ0) is 21.4. The van der Waals surface area contributed by atoms with E-state index >= 15 is 0 Å². The van der Waals surface area contributed by atoms with E-state index in [0.717, 1.165) is 17.2 Å². The zero-order valence-corrected chi connectivity index (χ0v) is 17.1. The lowest BCUT2D eigenvalue weighted by molar-refractivity contribution is -0.137. The second-order valence-corrected chi connectivity index (χ2v) is 7.47. The van der Waals surface area contributed by atoms with Crippen LogP contribution in [0.1, 0.15) is 23.6 Å². The van der Waals surface area contributed by atoms with Crippen molar-refractivity contribution in [3.63, 3.8) is 0 Å². The summed E-state index contributed by atoms with van der Waals surface area (Å²) in [5.41, 5.74) is 1.01. The van der Waals surface area contributed by atoms with E-state index in [0.29, 0.717) is 5.75 Å². The Kier molecular flexibility index (Phi) is 8.13. The van der Waals surface area contributed by atoms with E-state index in [1.54, 1.807) is 6.92 Å². The number of anilines is 1. The van der Waals surface area contributed by atoms with E-state index < -0.39 is 17.6 Å². The molecule has 0 aromatic heterocycles. The van der Waals surface area contributed by atoms with E-state index in [-0.39, 0.29) is 30.4 Å². The molecule has 0 fully saturated rings. The van der Waals surface area contributed by atoms with Crippen LogP contribution in [0.5, 0.6) is 0 Å². The summed E-state index contributed by atoms with van der Waals surface area (Å²) in [7, 11) is 0. The highest BCUT2D eigenvalue weighted by Gasteiger charge is 2.33. The summed E-state index contributed by atoms with van der Waals surface area (Å²) < 4.78 is 39.1. The Morgan fingerprint density at radius 2 is 1.83 bits per heavy atom. The number of alkyl halides is 3. The maximum Gasteiger partial charge on any atom is 0.418 e. The van der Waals surface area contributed by atoms with E-state index in [1.165, 1.54) is 34.9 Å². The highest BCUT2D eigenvalue weighted by Crippen LogP contribution is 2.34. The average molecular weight is 424 g/mol. The minimum atomic E-state index is -4.57. The van der Waals surface area contributed by atoms with E-state index in [1.807, 2.05) is 31.2 Å². The molecule has 4 nitrogen and oxygen atoms in total. The lowest BCUT2D eigenvalue weighted by atomic mass is 10.1. The molecule has 2 rings (SSSR count). The molecule has 2 amide bonds. The van der Waals surface area contributed by atoms with Gasteiger partial charge in [0.15, 0.2) is 0 Å². The molecular formula is C21H23F3N2O2S. The van der Waals surface area contributed by atoms with Crippen LogP contribution in [0.25, 0.3) is 0 Å². The average Bonchev–Trinajstić information content (AvgIpc) is 2.65. The topological polar surface area (TPSA) is 49.4 Å². The van der Waals surface area contributed by atoms with Gasteiger partial charge >= 0.3 is 6.18 Å². The molecule has 2 aromatic rings. The molecule has 8 heteroatoms. The first-order valence-electron chi connectivity index (χ1n) is 9.08. The van der Waals surface area contributed by atoms with E-state index in [4.69, 9.17) is 0 Å². The number of carbonyl (C=O) groups excluding carboxylic acids is 2. The third-order valence-electron chi connectivity index (χ3n) is 4.15. The maximum atomic E-state index is 13.0. The molecule has 0 atom stereocenters. The molecule has 0 aliphatic carbocycles. The van der Waals surface area contributed by atoms with Crippen LogP contribution in [0.3, 0.4) is 0 Å². The van der Waals surface area contributed by atoms with Gasteiger partial charge < -0.3 is 10.2 Å². The van der Waals surface area contributed by atoms with Gasteiger partial charge in [0, 0.05) is 12.3 Å². The fourth-order valence-corrected chi connectivity index (χ4v) is 3.60. The normalized spacial score (nSPS) is 11.2. The summed E-state index contributed by atoms with van der Waals surface area (Å²) in [6.45, 7) is 3.71. The Hall–Kier alpha value is -2.48. The number of carbonyl (C=O) groups is 2. The summed E-state index contributed by atoms with van der Waals surface area (Å²) in [5.74, 6) is -0.0466. The summed E-state index contributed by atoms with van der Waals surface area (Å²) in [5, 5.41) is 2.27. The van der Waals surface area contributed by atoms with Gasteiger partial charge in [0.1, 0.15) is 0 Å². The first-order chi connectivity index (χ1) is 13.7. The zero-order valence-electron chi connectivity index (χ0n) is 16.3. The fourth-order valence-electron chi connectivity index (χ4n) is 2.73. The van der Waals surface area contributed by atoms with Crippen molar-refractivity contribution in [1.82, 2.24) is 4.90 Å². The van der Waals surface area contributed by atoms with Crippen molar-refractivity contribution in [1.29, 1.82) is 0 Å². The Balaban J connectivity index is 1.90. The second kappa shape index (κ2) is 10.3. The van der Waals surface area contributed by atoms with Gasteiger partial charge in [-0.3, -0.25) is 9.59 Å². The molecule has 0 unspecified atom stereocenters. The molecule has 0 saturated heterocycles. The second-order valence-electron chi connectivity index (χ2n) is 6.48. The van der Waals surface area contributed by atoms with Gasteiger partial charge in [0.05, 0.1) is 23.5 Å². The number of hydrogen-bond donors (Lipinski definition) is 1. The minimum absolute atomic E-state index is 0.189. The Bertz CT molecular complexity index is 856. The highest BCUT2D eigenvalue weighted by atomic mass is 32.2. The van der Waals surface area contributed by atoms with Crippen molar-refractivity contribution < 1.29 is 22.8 Å². The number of likely N-dealkylation sites (N-methyl/N-ethyl adjacent to an activating group) is 1. The van der Waals surface area contributed by atoms with Gasteiger partial charge in [0.25, 0.3) is 0 Å². The molecule has 0 spiro atoms. The smallest absolute Gasteiger partial charge is 0.333 e. The van der Waals surface area contributed by atoms with Crippen molar-refractivity contribution in [2.24, 2.45) is 0 Å². The van der Waals surface area contributed by atoms with Gasteiger partial charge in [-0.15, -0.1) is 11.8 Å². The van der Waals surface area contributed by atoms with E-state index in [2.05, 4.69) is 5.32 Å². The minimum Gasteiger partial charge on any atom is -0.333 e. The van der Waals surface area contributed by atoms with Gasteiger partial charge in [-0.2, -0.15) is 13.2 Å². The number of thioether (sulfide) groups is 1. The third kappa shape index (κ3) is 7.12. The summed E-state index contributed by atoms with van der Waals surface area (Å²) >= 11 is 1.43. The first-order valence-corrected chi connectivity index (χ1v) is 10.2. The third-order valence-corrected chi connectivity index (χ3v) is 5.14. The van der Waals surface area contributed by atoms with Crippen LogP contribution in [0, 0.1) is 6.92 Å². The van der Waals surface area contributed by atoms with Crippen LogP contribution >= 0.6 is 11.8 Å². The monoisotopic (exact) mass is 424 g/mol. The quantitative estimate of drug-likeness (QED) is 0.666. The van der Waals surface area contributed by atoms with Gasteiger partial charge in [-0.05, 0) is 31.5 Å². The lowest BCUT2D eigenvalue weighted by Gasteiger charge is -2.21. The molecule has 0 radical (unpaired) electrons. The molecule has 2 aromatic carbocycles. The van der Waals surface area contributed by atoms with Gasteiger partial charge in [-0.25, -0.2) is 0 Å². The van der Waals surface area contributed by atoms with Crippen LogP contribution in [0.2, 0.25) is 0 Å². The first kappa shape index (κ1) is 22.8. The van der Waals surface area contributed by atoms with Crippen LogP contribution in [0.15, 0.2) is 48.5 Å². The predicted octanol–water partition coefficient (Wildman–Crippen LogP) is 4.73. The summed E-state index contributed by atoms with van der Waals surface area (Å²) in [4.78, 5) is 25.9. The van der Waals surface area contributed by atoms with Crippen molar-refractivity contribution >= 4 is 29.3 Å². The van der Waals surface area contributed by atoms with Crippen LogP contribution in [-0.4, -0.2) is 35.6 Å². The van der Waals surface area contributed by atoms with Crippen molar-refractivity contribution in [2.75, 3.05) is 24.2 Å². The number of nitrogens with one attached hydrogen (secondary N) is 1. The van der Waals surface area contributed by atoms with Crippen LogP contribution in [0.4, 0.5) is 18.9 Å². The SMILES string of the molecule is CCN(CC(=O)Nc1ccccc1C(F)(F)F)C(=O)CSCc1cccc(C)c1. The van der Waals surface area contributed by atoms with Crippen LogP contribution in [-0.2, 0) is 21.5 Å². The number of halogens is 3. The molecular weight excluding hydrogens is 401 g/mol. The van der Waals surface area contributed by atoms with Crippen molar-refractivity contribution in [3.05, 3.63) is 65.2 Å². The largest absolute Gasteiger partial charge is 0.418 e. The summed E-state index contributed by atoms with van der Waals surface area (Å²) in [6, 6.07) is 12.7. The molecule has 0 heterocycles. The number of hydrogen-bond acceptors (Lipinski definition) is 3. The van der Waals surface area contributed by atoms with Gasteiger partial charge in [-0.1, -0.05) is 42.0 Å². The predicted molar refractivity (Wildman–Crippen MR) is 110 cm³/mol. The molecule has 0 aliphatic heterocycles. The lowest BCUT2D eigenvalue weighted by Crippen LogP contribution is -2.39.